The molecule has 18 heteroatoms. The Labute approximate surface area is 389 Å². The third-order valence-corrected chi connectivity index (χ3v) is 11.1. The van der Waals surface area contributed by atoms with Crippen molar-refractivity contribution in [2.24, 2.45) is 20.5 Å². The van der Waals surface area contributed by atoms with Crippen LogP contribution in [0.1, 0.15) is 81.4 Å². The molecule has 0 saturated carbocycles. The number of carbonyl (C=O) groups excluding carboxylic acids is 6. The Bertz CT molecular complexity index is 2490. The number of nitrogens with zero attached hydrogens (tertiary/aromatic N) is 4. The first-order chi connectivity index (χ1) is 30.4. The van der Waals surface area contributed by atoms with E-state index in [0.29, 0.717) is 33.9 Å². The van der Waals surface area contributed by atoms with Crippen LogP contribution in [0.4, 0.5) is 34.1 Å². The Hall–Kier alpha value is -6.32. The Balaban J connectivity index is 1.25. The molecule has 0 spiro atoms. The molecule has 0 bridgehead atoms. The molecule has 5 aromatic carbocycles. The molecule has 330 valence electrons. The summed E-state index contributed by atoms with van der Waals surface area (Å²) in [6, 6.07) is 22.8. The zero-order valence-electron chi connectivity index (χ0n) is 35.3. The van der Waals surface area contributed by atoms with E-state index >= 15 is 0 Å². The van der Waals surface area contributed by atoms with Crippen molar-refractivity contribution in [3.05, 3.63) is 140 Å². The van der Waals surface area contributed by atoms with E-state index in [-0.39, 0.29) is 43.3 Å². The third kappa shape index (κ3) is 12.2. The maximum atomic E-state index is 13.4. The van der Waals surface area contributed by atoms with Crippen LogP contribution in [0, 0.1) is 13.8 Å². The Morgan fingerprint density at radius 2 is 0.844 bits per heavy atom. The van der Waals surface area contributed by atoms with E-state index in [2.05, 4.69) is 41.7 Å². The van der Waals surface area contributed by atoms with Gasteiger partial charge in [-0.25, -0.2) is 0 Å². The summed E-state index contributed by atoms with van der Waals surface area (Å²) >= 11 is 25.3. The van der Waals surface area contributed by atoms with Crippen LogP contribution >= 0.6 is 46.4 Å². The van der Waals surface area contributed by atoms with Crippen LogP contribution in [0.2, 0.25) is 10.0 Å². The molecule has 14 nitrogen and oxygen atoms in total. The highest BCUT2D eigenvalue weighted by atomic mass is 35.5. The number of rotatable bonds is 16. The minimum atomic E-state index is -1.58. The van der Waals surface area contributed by atoms with Crippen LogP contribution < -0.4 is 21.3 Å². The first-order valence-electron chi connectivity index (χ1n) is 19.6. The summed E-state index contributed by atoms with van der Waals surface area (Å²) < 4.78 is 0. The molecule has 0 aliphatic heterocycles. The SMILES string of the molecule is CC(=O)C(N=Nc1cccc(C(=O)Nc2ccc(C(C)Cl)cc2)c1Cl)C(=O)Nc1ccc(NC(=O)C(N=Nc2cccc(C(=O)Nc3ccc(C(C)Cl)cc3)c2Cl)C(C)=O)c(C)c1C. The van der Waals surface area contributed by atoms with Gasteiger partial charge < -0.3 is 21.3 Å². The Morgan fingerprint density at radius 1 is 0.500 bits per heavy atom. The molecule has 4 unspecified atom stereocenters. The molecule has 4 atom stereocenters. The summed E-state index contributed by atoms with van der Waals surface area (Å²) in [5, 5.41) is 26.5. The second-order valence-electron chi connectivity index (χ2n) is 14.5. The van der Waals surface area contributed by atoms with Crippen molar-refractivity contribution >= 4 is 116 Å². The molecule has 0 aliphatic carbocycles. The molecule has 0 heterocycles. The van der Waals surface area contributed by atoms with Gasteiger partial charge in [0.15, 0.2) is 11.6 Å². The number of Topliss-reactive ketones (excluding diaryl/α,β-unsaturated/α-hetero) is 2. The lowest BCUT2D eigenvalue weighted by Gasteiger charge is -2.17. The van der Waals surface area contributed by atoms with E-state index in [1.807, 2.05) is 13.8 Å². The normalized spacial score (nSPS) is 13.2. The van der Waals surface area contributed by atoms with Gasteiger partial charge in [0.25, 0.3) is 23.6 Å². The minimum absolute atomic E-state index is 0.0476. The number of benzene rings is 5. The molecule has 5 rings (SSSR count). The number of nitrogens with one attached hydrogen (secondary N) is 4. The first-order valence-corrected chi connectivity index (χ1v) is 21.2. The van der Waals surface area contributed by atoms with E-state index in [0.717, 1.165) is 11.1 Å². The van der Waals surface area contributed by atoms with Gasteiger partial charge in [-0.15, -0.1) is 23.2 Å². The maximum absolute atomic E-state index is 13.4. The summed E-state index contributed by atoms with van der Waals surface area (Å²) in [4.78, 5) is 78.3. The second kappa shape index (κ2) is 21.8. The predicted octanol–water partition coefficient (Wildman–Crippen LogP) is 12.1. The van der Waals surface area contributed by atoms with Crippen molar-refractivity contribution in [1.82, 2.24) is 0 Å². The number of alkyl halides is 2. The third-order valence-electron chi connectivity index (χ3n) is 9.83. The van der Waals surface area contributed by atoms with E-state index < -0.39 is 47.3 Å². The Kier molecular flexibility index (Phi) is 16.6. The predicted molar refractivity (Wildman–Crippen MR) is 251 cm³/mol. The first kappa shape index (κ1) is 48.7. The number of azo groups is 2. The molecular formula is C46H42Cl4N8O6. The van der Waals surface area contributed by atoms with Gasteiger partial charge in [0.1, 0.15) is 11.4 Å². The van der Waals surface area contributed by atoms with Crippen LogP contribution in [0.5, 0.6) is 0 Å². The number of hydrogen-bond donors (Lipinski definition) is 4. The summed E-state index contributed by atoms with van der Waals surface area (Å²) in [5.41, 5.74) is 4.71. The fourth-order valence-corrected chi connectivity index (χ4v) is 6.77. The highest BCUT2D eigenvalue weighted by Crippen LogP contribution is 2.33. The van der Waals surface area contributed by atoms with Crippen molar-refractivity contribution in [1.29, 1.82) is 0 Å². The average molecular weight is 945 g/mol. The van der Waals surface area contributed by atoms with Crippen molar-refractivity contribution in [3.63, 3.8) is 0 Å². The van der Waals surface area contributed by atoms with Crippen LogP contribution in [-0.2, 0) is 19.2 Å². The molecule has 4 amide bonds. The molecule has 5 aromatic rings. The summed E-state index contributed by atoms with van der Waals surface area (Å²) in [7, 11) is 0. The molecule has 4 N–H and O–H groups in total. The van der Waals surface area contributed by atoms with Gasteiger partial charge in [-0.05, 0) is 124 Å². The monoisotopic (exact) mass is 942 g/mol. The zero-order chi connectivity index (χ0) is 46.8. The number of ketones is 2. The smallest absolute Gasteiger partial charge is 0.258 e. The second-order valence-corrected chi connectivity index (χ2v) is 16.6. The standard InChI is InChI=1S/C46H42Cl4N8O6/c1-23-24(2)36(54-46(64)42(28(6)60)58-56-38-12-8-10-34(40(38)50)44(62)52-32-19-15-30(16-20-32)26(4)48)22-21-35(23)53-45(63)41(27(5)59)57-55-37-11-7-9-33(39(37)49)43(61)51-31-17-13-29(14-18-31)25(3)47/h7-22,25-26,41-42H,1-6H3,(H,51,61)(H,52,62)(H,53,63)(H,54,64). The fraction of sp³-hybridized carbons (Fsp3) is 0.217. The van der Waals surface area contributed by atoms with Gasteiger partial charge in [0, 0.05) is 22.7 Å². The van der Waals surface area contributed by atoms with Gasteiger partial charge in [0.05, 0.1) is 31.9 Å². The molecule has 0 aromatic heterocycles. The number of halogens is 4. The fourth-order valence-electron chi connectivity index (χ4n) is 5.98. The maximum Gasteiger partial charge on any atom is 0.258 e. The van der Waals surface area contributed by atoms with Crippen molar-refractivity contribution in [2.45, 2.75) is 64.4 Å². The van der Waals surface area contributed by atoms with Gasteiger partial charge in [-0.2, -0.15) is 20.5 Å². The summed E-state index contributed by atoms with van der Waals surface area (Å²) in [6.07, 6.45) is 0. The molecular weight excluding hydrogens is 902 g/mol. The number of amides is 4. The van der Waals surface area contributed by atoms with Gasteiger partial charge in [-0.3, -0.25) is 28.8 Å². The number of hydrogen-bond acceptors (Lipinski definition) is 10. The van der Waals surface area contributed by atoms with Crippen molar-refractivity contribution < 1.29 is 28.8 Å². The van der Waals surface area contributed by atoms with Crippen LogP contribution in [-0.4, -0.2) is 47.3 Å². The van der Waals surface area contributed by atoms with Crippen molar-refractivity contribution in [3.8, 4) is 0 Å². The molecule has 64 heavy (non-hydrogen) atoms. The van der Waals surface area contributed by atoms with E-state index in [9.17, 15) is 28.8 Å². The quantitative estimate of drug-likeness (QED) is 0.0431. The molecule has 0 saturated heterocycles. The minimum Gasteiger partial charge on any atom is -0.324 e. The highest BCUT2D eigenvalue weighted by molar-refractivity contribution is 6.37. The number of anilines is 4. The van der Waals surface area contributed by atoms with Gasteiger partial charge in [0.2, 0.25) is 12.1 Å². The zero-order valence-corrected chi connectivity index (χ0v) is 38.3. The lowest BCUT2D eigenvalue weighted by molar-refractivity contribution is -0.127. The van der Waals surface area contributed by atoms with Crippen LogP contribution in [0.3, 0.4) is 0 Å². The summed E-state index contributed by atoms with van der Waals surface area (Å²) in [5.74, 6) is -3.88. The van der Waals surface area contributed by atoms with E-state index in [4.69, 9.17) is 46.4 Å². The Morgan fingerprint density at radius 3 is 1.16 bits per heavy atom. The molecule has 0 radical (unpaired) electrons. The van der Waals surface area contributed by atoms with Gasteiger partial charge >= 0.3 is 0 Å². The van der Waals surface area contributed by atoms with Crippen LogP contribution in [0.15, 0.2) is 118 Å². The molecule has 0 fully saturated rings. The van der Waals surface area contributed by atoms with E-state index in [1.165, 1.54) is 62.4 Å². The topological polar surface area (TPSA) is 200 Å². The van der Waals surface area contributed by atoms with Crippen LogP contribution in [0.25, 0.3) is 0 Å². The molecule has 0 aliphatic rings. The lowest BCUT2D eigenvalue weighted by Crippen LogP contribution is -2.33. The van der Waals surface area contributed by atoms with Crippen molar-refractivity contribution in [2.75, 3.05) is 21.3 Å². The van der Waals surface area contributed by atoms with Gasteiger partial charge in [-0.1, -0.05) is 59.6 Å². The largest absolute Gasteiger partial charge is 0.324 e. The lowest BCUT2D eigenvalue weighted by atomic mass is 10.0. The average Bonchev–Trinajstić information content (AvgIpc) is 3.24. The highest BCUT2D eigenvalue weighted by Gasteiger charge is 2.27. The van der Waals surface area contributed by atoms with E-state index in [1.54, 1.807) is 62.4 Å². The summed E-state index contributed by atoms with van der Waals surface area (Å²) in [6.45, 7) is 9.38. The number of carbonyl (C=O) groups is 6.